The molecule has 0 saturated carbocycles. The number of hydrogen-bond acceptors (Lipinski definition) is 7. The van der Waals surface area contributed by atoms with Crippen LogP contribution >= 0.6 is 11.3 Å². The van der Waals surface area contributed by atoms with E-state index in [0.29, 0.717) is 16.1 Å². The molecule has 9 heteroatoms. The molecule has 0 aliphatic carbocycles. The number of likely N-dealkylation sites (N-methyl/N-ethyl adjacent to an activating group) is 1. The molecule has 0 bridgehead atoms. The quantitative estimate of drug-likeness (QED) is 0.632. The number of nitrogens with one attached hydrogen (secondary N) is 1. The minimum Gasteiger partial charge on any atom is -0.462 e. The van der Waals surface area contributed by atoms with E-state index < -0.39 is 21.1 Å². The summed E-state index contributed by atoms with van der Waals surface area (Å²) >= 11 is 1.41. The Bertz CT molecular complexity index is 1070. The van der Waals surface area contributed by atoms with Gasteiger partial charge < -0.3 is 15.0 Å². The van der Waals surface area contributed by atoms with Crippen LogP contribution in [0.25, 0.3) is 0 Å². The van der Waals surface area contributed by atoms with Crippen molar-refractivity contribution < 1.29 is 22.7 Å². The van der Waals surface area contributed by atoms with Gasteiger partial charge in [0.25, 0.3) is 0 Å². The van der Waals surface area contributed by atoms with Gasteiger partial charge in [0.1, 0.15) is 5.00 Å². The fourth-order valence-electron chi connectivity index (χ4n) is 3.46. The van der Waals surface area contributed by atoms with E-state index in [0.717, 1.165) is 30.0 Å². The number of thiophene rings is 1. The molecule has 168 valence electrons. The molecule has 0 radical (unpaired) electrons. The molecule has 1 aromatic carbocycles. The predicted octanol–water partition coefficient (Wildman–Crippen LogP) is 3.28. The Morgan fingerprint density at radius 3 is 2.52 bits per heavy atom. The number of anilines is 1. The summed E-state index contributed by atoms with van der Waals surface area (Å²) in [5, 5.41) is 2.88. The van der Waals surface area contributed by atoms with Crippen LogP contribution in [-0.2, 0) is 38.8 Å². The van der Waals surface area contributed by atoms with Crippen molar-refractivity contribution in [1.29, 1.82) is 0 Å². The lowest BCUT2D eigenvalue weighted by atomic mass is 10.0. The molecule has 1 N–H and O–H groups in total. The molecule has 1 aliphatic rings. The van der Waals surface area contributed by atoms with Gasteiger partial charge in [-0.3, -0.25) is 4.79 Å². The number of carbonyl (C=O) groups is 2. The number of hydrogen-bond donors (Lipinski definition) is 1. The first kappa shape index (κ1) is 23.4. The summed E-state index contributed by atoms with van der Waals surface area (Å²) in [5.74, 6) is -0.680. The summed E-state index contributed by atoms with van der Waals surface area (Å²) in [7, 11) is -1.33. The first-order valence-corrected chi connectivity index (χ1v) is 12.6. The average molecular weight is 465 g/mol. The molecule has 0 unspecified atom stereocenters. The Hall–Kier alpha value is -2.23. The van der Waals surface area contributed by atoms with Crippen LogP contribution in [0.2, 0.25) is 0 Å². The van der Waals surface area contributed by atoms with Gasteiger partial charge in [-0.2, -0.15) is 0 Å². The van der Waals surface area contributed by atoms with Crippen molar-refractivity contribution in [3.05, 3.63) is 45.8 Å². The number of sulfone groups is 1. The molecular formula is C22H28N2O5S2. The highest BCUT2D eigenvalue weighted by Gasteiger charge is 2.28. The highest BCUT2D eigenvalue weighted by atomic mass is 32.2. The molecule has 0 spiro atoms. The minimum atomic E-state index is -3.35. The number of fused-ring (bicyclic) bond motifs is 1. The zero-order valence-corrected chi connectivity index (χ0v) is 19.9. The monoisotopic (exact) mass is 464 g/mol. The molecule has 3 rings (SSSR count). The zero-order valence-electron chi connectivity index (χ0n) is 18.2. The van der Waals surface area contributed by atoms with Gasteiger partial charge in [0.2, 0.25) is 5.91 Å². The molecule has 0 atom stereocenters. The molecule has 1 aromatic heterocycles. The second-order valence-corrected chi connectivity index (χ2v) is 11.5. The molecule has 2 aromatic rings. The average Bonchev–Trinajstić information content (AvgIpc) is 3.05. The molecule has 1 aliphatic heterocycles. The van der Waals surface area contributed by atoms with Crippen LogP contribution in [0.4, 0.5) is 5.00 Å². The van der Waals surface area contributed by atoms with Gasteiger partial charge >= 0.3 is 5.97 Å². The summed E-state index contributed by atoms with van der Waals surface area (Å²) in [6.45, 7) is 6.86. The Kier molecular flexibility index (Phi) is 7.18. The van der Waals surface area contributed by atoms with Gasteiger partial charge in [0.05, 0.1) is 28.7 Å². The van der Waals surface area contributed by atoms with Crippen molar-refractivity contribution in [1.82, 2.24) is 4.90 Å². The highest BCUT2D eigenvalue weighted by molar-refractivity contribution is 7.92. The summed E-state index contributed by atoms with van der Waals surface area (Å²) in [6, 6.07) is 6.36. The number of amides is 1. The summed E-state index contributed by atoms with van der Waals surface area (Å²) < 4.78 is 29.7. The van der Waals surface area contributed by atoms with Gasteiger partial charge in [-0.05, 0) is 57.5 Å². The number of benzene rings is 1. The first-order valence-electron chi connectivity index (χ1n) is 10.3. The third-order valence-corrected chi connectivity index (χ3v) is 8.52. The van der Waals surface area contributed by atoms with Gasteiger partial charge in [0.15, 0.2) is 9.84 Å². The fraction of sp³-hybridized carbons (Fsp3) is 0.455. The normalized spacial score (nSPS) is 14.4. The van der Waals surface area contributed by atoms with Crippen LogP contribution < -0.4 is 5.32 Å². The van der Waals surface area contributed by atoms with Gasteiger partial charge in [-0.1, -0.05) is 12.1 Å². The van der Waals surface area contributed by atoms with Crippen molar-refractivity contribution in [2.45, 2.75) is 50.3 Å². The van der Waals surface area contributed by atoms with Crippen molar-refractivity contribution in [3.8, 4) is 0 Å². The summed E-state index contributed by atoms with van der Waals surface area (Å²) in [6.07, 6.45) is 0.810. The molecular weight excluding hydrogens is 436 g/mol. The molecule has 2 heterocycles. The van der Waals surface area contributed by atoms with E-state index in [1.54, 1.807) is 32.9 Å². The van der Waals surface area contributed by atoms with E-state index in [1.165, 1.54) is 23.5 Å². The van der Waals surface area contributed by atoms with E-state index in [9.17, 15) is 18.0 Å². The smallest absolute Gasteiger partial charge is 0.341 e. The van der Waals surface area contributed by atoms with Crippen molar-refractivity contribution >= 4 is 38.1 Å². The Morgan fingerprint density at radius 1 is 1.23 bits per heavy atom. The largest absolute Gasteiger partial charge is 0.462 e. The predicted molar refractivity (Wildman–Crippen MR) is 121 cm³/mol. The topological polar surface area (TPSA) is 92.8 Å². The number of esters is 1. The van der Waals surface area contributed by atoms with E-state index in [2.05, 4.69) is 10.2 Å². The van der Waals surface area contributed by atoms with E-state index in [4.69, 9.17) is 4.74 Å². The van der Waals surface area contributed by atoms with Crippen LogP contribution in [0, 0.1) is 0 Å². The number of ether oxygens (including phenoxy) is 1. The number of rotatable bonds is 7. The summed E-state index contributed by atoms with van der Waals surface area (Å²) in [4.78, 5) is 28.7. The van der Waals surface area contributed by atoms with Crippen LogP contribution in [0.3, 0.4) is 0 Å². The number of nitrogens with zero attached hydrogens (tertiary/aromatic N) is 1. The standard InChI is InChI=1S/C22H28N2O5S2/c1-5-29-22(26)20-17-10-11-24(4)13-18(17)30-21(20)23-19(25)12-15-6-8-16(9-7-15)31(27,28)14(2)3/h6-9,14H,5,10-13H2,1-4H3,(H,23,25). The van der Waals surface area contributed by atoms with Crippen LogP contribution in [-0.4, -0.2) is 50.6 Å². The zero-order chi connectivity index (χ0) is 22.8. The Morgan fingerprint density at radius 2 is 1.90 bits per heavy atom. The van der Waals surface area contributed by atoms with E-state index in [1.807, 2.05) is 7.05 Å². The van der Waals surface area contributed by atoms with Crippen molar-refractivity contribution in [2.24, 2.45) is 0 Å². The maximum absolute atomic E-state index is 12.7. The van der Waals surface area contributed by atoms with Gasteiger partial charge in [-0.25, -0.2) is 13.2 Å². The maximum Gasteiger partial charge on any atom is 0.341 e. The molecule has 31 heavy (non-hydrogen) atoms. The Balaban J connectivity index is 1.78. The molecule has 0 saturated heterocycles. The third-order valence-electron chi connectivity index (χ3n) is 5.22. The van der Waals surface area contributed by atoms with Crippen molar-refractivity contribution in [2.75, 3.05) is 25.5 Å². The molecule has 0 fully saturated rings. The van der Waals surface area contributed by atoms with Crippen molar-refractivity contribution in [3.63, 3.8) is 0 Å². The van der Waals surface area contributed by atoms with Crippen LogP contribution in [0.5, 0.6) is 0 Å². The van der Waals surface area contributed by atoms with E-state index in [-0.39, 0.29) is 23.8 Å². The summed E-state index contributed by atoms with van der Waals surface area (Å²) in [5.41, 5.74) is 2.11. The highest BCUT2D eigenvalue weighted by Crippen LogP contribution is 2.37. The van der Waals surface area contributed by atoms with Crippen LogP contribution in [0.15, 0.2) is 29.2 Å². The lowest BCUT2D eigenvalue weighted by Gasteiger charge is -2.22. The molecule has 7 nitrogen and oxygen atoms in total. The lowest BCUT2D eigenvalue weighted by Crippen LogP contribution is -2.26. The third kappa shape index (κ3) is 5.16. The van der Waals surface area contributed by atoms with Gasteiger partial charge in [-0.15, -0.1) is 11.3 Å². The maximum atomic E-state index is 12.7. The second kappa shape index (κ2) is 9.50. The fourth-order valence-corrected chi connectivity index (χ4v) is 5.86. The second-order valence-electron chi connectivity index (χ2n) is 7.88. The lowest BCUT2D eigenvalue weighted by molar-refractivity contribution is -0.115. The SMILES string of the molecule is CCOC(=O)c1c(NC(=O)Cc2ccc(S(=O)(=O)C(C)C)cc2)sc2c1CCN(C)C2. The first-order chi connectivity index (χ1) is 14.6. The number of carbonyl (C=O) groups excluding carboxylic acids is 2. The minimum absolute atomic E-state index is 0.0761. The van der Waals surface area contributed by atoms with Crippen LogP contribution in [0.1, 0.15) is 47.1 Å². The van der Waals surface area contributed by atoms with Gasteiger partial charge in [0, 0.05) is 18.0 Å². The van der Waals surface area contributed by atoms with E-state index >= 15 is 0 Å². The molecule has 1 amide bonds. The Labute approximate surface area is 187 Å².